The number of carbonyl (C=O) groups excluding carboxylic acids is 2. The number of carbonyl (C=O) groups is 2. The van der Waals surface area contributed by atoms with Gasteiger partial charge in [0, 0.05) is 33.4 Å². The maximum absolute atomic E-state index is 13.0. The van der Waals surface area contributed by atoms with Gasteiger partial charge in [-0.25, -0.2) is 0 Å². The van der Waals surface area contributed by atoms with Crippen LogP contribution in [0.25, 0.3) is 22.3 Å². The lowest BCUT2D eigenvalue weighted by Crippen LogP contribution is -1.99. The van der Waals surface area contributed by atoms with Crippen molar-refractivity contribution in [1.82, 2.24) is 0 Å². The number of ketones is 2. The first-order chi connectivity index (χ1) is 14.7. The minimum atomic E-state index is 0.00673. The minimum absolute atomic E-state index is 0.00673. The Balaban J connectivity index is 1.49. The van der Waals surface area contributed by atoms with Gasteiger partial charge in [-0.3, -0.25) is 9.59 Å². The summed E-state index contributed by atoms with van der Waals surface area (Å²) in [5, 5.41) is 0. The van der Waals surface area contributed by atoms with Crippen molar-refractivity contribution in [2.24, 2.45) is 0 Å². The Morgan fingerprint density at radius 3 is 1.20 bits per heavy atom. The first-order valence-corrected chi connectivity index (χ1v) is 9.80. The molecule has 2 heteroatoms. The largest absolute Gasteiger partial charge is 0.289 e. The molecule has 0 spiro atoms. The van der Waals surface area contributed by atoms with Gasteiger partial charge in [0.05, 0.1) is 0 Å². The fourth-order valence-electron chi connectivity index (χ4n) is 4.49. The van der Waals surface area contributed by atoms with E-state index in [0.717, 1.165) is 22.3 Å². The lowest BCUT2D eigenvalue weighted by atomic mass is 9.99. The SMILES string of the molecule is O=C1c2ccccc2-c2cccc(C#Cc3cccc4c3C(=O)c3ccccc3-4)c21. The van der Waals surface area contributed by atoms with Gasteiger partial charge in [0.2, 0.25) is 0 Å². The lowest BCUT2D eigenvalue weighted by Gasteiger charge is -2.03. The van der Waals surface area contributed by atoms with Crippen LogP contribution in [-0.2, 0) is 0 Å². The quantitative estimate of drug-likeness (QED) is 0.325. The summed E-state index contributed by atoms with van der Waals surface area (Å²) in [6.45, 7) is 0. The summed E-state index contributed by atoms with van der Waals surface area (Å²) in [6.07, 6.45) is 0. The van der Waals surface area contributed by atoms with Crippen molar-refractivity contribution < 1.29 is 9.59 Å². The molecule has 4 aromatic carbocycles. The summed E-state index contributed by atoms with van der Waals surface area (Å²) in [6, 6.07) is 26.8. The van der Waals surface area contributed by atoms with E-state index in [0.29, 0.717) is 33.4 Å². The zero-order valence-corrected chi connectivity index (χ0v) is 15.9. The second kappa shape index (κ2) is 6.14. The van der Waals surface area contributed by atoms with Crippen molar-refractivity contribution in [1.29, 1.82) is 0 Å². The summed E-state index contributed by atoms with van der Waals surface area (Å²) in [7, 11) is 0. The number of benzene rings is 4. The average molecular weight is 382 g/mol. The summed E-state index contributed by atoms with van der Waals surface area (Å²) >= 11 is 0. The molecule has 0 unspecified atom stereocenters. The van der Waals surface area contributed by atoms with Crippen LogP contribution in [0.4, 0.5) is 0 Å². The molecule has 4 aromatic rings. The van der Waals surface area contributed by atoms with Crippen molar-refractivity contribution in [3.05, 3.63) is 118 Å². The molecule has 6 rings (SSSR count). The summed E-state index contributed by atoms with van der Waals surface area (Å²) < 4.78 is 0. The van der Waals surface area contributed by atoms with Crippen LogP contribution in [0.1, 0.15) is 43.0 Å². The molecule has 0 atom stereocenters. The van der Waals surface area contributed by atoms with Gasteiger partial charge in [-0.15, -0.1) is 0 Å². The molecule has 0 saturated carbocycles. The third-order valence-electron chi connectivity index (χ3n) is 5.84. The van der Waals surface area contributed by atoms with Crippen molar-refractivity contribution >= 4 is 11.6 Å². The Morgan fingerprint density at radius 1 is 0.400 bits per heavy atom. The lowest BCUT2D eigenvalue weighted by molar-refractivity contribution is 0.103. The molecule has 30 heavy (non-hydrogen) atoms. The van der Waals surface area contributed by atoms with E-state index in [9.17, 15) is 9.59 Å². The summed E-state index contributed by atoms with van der Waals surface area (Å²) in [4.78, 5) is 26.0. The normalized spacial score (nSPS) is 12.5. The van der Waals surface area contributed by atoms with Crippen LogP contribution >= 0.6 is 0 Å². The monoisotopic (exact) mass is 382 g/mol. The molecule has 0 N–H and O–H groups in total. The standard InChI is InChI=1S/C28H14O2/c29-27-23-11-3-1-9-19(23)21-13-5-7-17(25(21)27)15-16-18-8-6-14-22-20-10-2-4-12-24(20)28(30)26(18)22/h1-14H. The minimum Gasteiger partial charge on any atom is -0.289 e. The first-order valence-electron chi connectivity index (χ1n) is 9.80. The predicted octanol–water partition coefficient (Wildman–Crippen LogP) is 5.51. The molecule has 0 amide bonds. The molecule has 0 aromatic heterocycles. The zero-order valence-electron chi connectivity index (χ0n) is 15.9. The predicted molar refractivity (Wildman–Crippen MR) is 117 cm³/mol. The fraction of sp³-hybridized carbons (Fsp3) is 0. The molecule has 0 fully saturated rings. The van der Waals surface area contributed by atoms with Crippen molar-refractivity contribution in [3.63, 3.8) is 0 Å². The third-order valence-corrected chi connectivity index (χ3v) is 5.84. The van der Waals surface area contributed by atoms with Gasteiger partial charge in [-0.2, -0.15) is 0 Å². The molecule has 0 radical (unpaired) electrons. The Hall–Kier alpha value is -4.22. The molecular weight excluding hydrogens is 368 g/mol. The number of rotatable bonds is 0. The first kappa shape index (κ1) is 16.7. The molecule has 0 saturated heterocycles. The molecule has 2 aliphatic carbocycles. The van der Waals surface area contributed by atoms with E-state index in [-0.39, 0.29) is 11.6 Å². The van der Waals surface area contributed by atoms with Gasteiger partial charge in [0.25, 0.3) is 0 Å². The third kappa shape index (κ3) is 2.21. The second-order valence-corrected chi connectivity index (χ2v) is 7.46. The average Bonchev–Trinajstić information content (AvgIpc) is 3.26. The summed E-state index contributed by atoms with van der Waals surface area (Å²) in [5.74, 6) is 6.37. The molecule has 0 bridgehead atoms. The van der Waals surface area contributed by atoms with Crippen LogP contribution < -0.4 is 0 Å². The number of fused-ring (bicyclic) bond motifs is 6. The highest BCUT2D eigenvalue weighted by Gasteiger charge is 2.29. The smallest absolute Gasteiger partial charge is 0.195 e. The van der Waals surface area contributed by atoms with Crippen LogP contribution in [0.15, 0.2) is 84.9 Å². The second-order valence-electron chi connectivity index (χ2n) is 7.46. The molecule has 0 aliphatic heterocycles. The van der Waals surface area contributed by atoms with Crippen LogP contribution in [0, 0.1) is 11.8 Å². The Labute approximate surface area is 173 Å². The molecule has 2 nitrogen and oxygen atoms in total. The van der Waals surface area contributed by atoms with Gasteiger partial charge in [-0.05, 0) is 34.4 Å². The Kier molecular flexibility index (Phi) is 3.42. The van der Waals surface area contributed by atoms with E-state index in [4.69, 9.17) is 0 Å². The maximum Gasteiger partial charge on any atom is 0.195 e. The van der Waals surface area contributed by atoms with E-state index in [1.807, 2.05) is 84.9 Å². The molecule has 2 aliphatic rings. The van der Waals surface area contributed by atoms with Crippen molar-refractivity contribution in [2.75, 3.05) is 0 Å². The van der Waals surface area contributed by atoms with E-state index >= 15 is 0 Å². The van der Waals surface area contributed by atoms with Gasteiger partial charge in [0.15, 0.2) is 11.6 Å². The van der Waals surface area contributed by atoms with Crippen LogP contribution in [0.2, 0.25) is 0 Å². The van der Waals surface area contributed by atoms with Crippen molar-refractivity contribution in [2.45, 2.75) is 0 Å². The topological polar surface area (TPSA) is 34.1 Å². The highest BCUT2D eigenvalue weighted by atomic mass is 16.1. The highest BCUT2D eigenvalue weighted by Crippen LogP contribution is 2.39. The zero-order chi connectivity index (χ0) is 20.2. The van der Waals surface area contributed by atoms with E-state index < -0.39 is 0 Å². The molecular formula is C28H14O2. The maximum atomic E-state index is 13.0. The fourth-order valence-corrected chi connectivity index (χ4v) is 4.49. The van der Waals surface area contributed by atoms with Gasteiger partial charge >= 0.3 is 0 Å². The number of hydrogen-bond donors (Lipinski definition) is 0. The van der Waals surface area contributed by atoms with Crippen LogP contribution in [0.3, 0.4) is 0 Å². The van der Waals surface area contributed by atoms with E-state index in [2.05, 4.69) is 11.8 Å². The van der Waals surface area contributed by atoms with Gasteiger partial charge in [-0.1, -0.05) is 84.6 Å². The van der Waals surface area contributed by atoms with Gasteiger partial charge < -0.3 is 0 Å². The van der Waals surface area contributed by atoms with Crippen molar-refractivity contribution in [3.8, 4) is 34.1 Å². The highest BCUT2D eigenvalue weighted by molar-refractivity contribution is 6.24. The molecule has 0 heterocycles. The molecule has 138 valence electrons. The van der Waals surface area contributed by atoms with Gasteiger partial charge in [0.1, 0.15) is 0 Å². The van der Waals surface area contributed by atoms with E-state index in [1.54, 1.807) is 0 Å². The number of hydrogen-bond acceptors (Lipinski definition) is 2. The van der Waals surface area contributed by atoms with E-state index in [1.165, 1.54) is 0 Å². The van der Waals surface area contributed by atoms with Crippen LogP contribution in [0.5, 0.6) is 0 Å². The van der Waals surface area contributed by atoms with Crippen LogP contribution in [-0.4, -0.2) is 11.6 Å². The Bertz CT molecular complexity index is 1370. The Morgan fingerprint density at radius 2 is 0.767 bits per heavy atom. The summed E-state index contributed by atoms with van der Waals surface area (Å²) in [5.41, 5.74) is 7.85.